The van der Waals surface area contributed by atoms with E-state index in [9.17, 15) is 12.8 Å². The number of halogens is 2. The lowest BCUT2D eigenvalue weighted by Gasteiger charge is -2.18. The first-order valence-electron chi connectivity index (χ1n) is 6.06. The zero-order valence-corrected chi connectivity index (χ0v) is 12.8. The summed E-state index contributed by atoms with van der Waals surface area (Å²) in [5, 5.41) is 0.0566. The van der Waals surface area contributed by atoms with Crippen molar-refractivity contribution < 1.29 is 12.8 Å². The molecule has 0 spiro atoms. The summed E-state index contributed by atoms with van der Waals surface area (Å²) in [6.45, 7) is 0.0425. The van der Waals surface area contributed by atoms with Crippen LogP contribution < -0.4 is 5.73 Å². The van der Waals surface area contributed by atoms with Gasteiger partial charge in [-0.25, -0.2) is 12.8 Å². The predicted octanol–water partition coefficient (Wildman–Crippen LogP) is 2.88. The van der Waals surface area contributed by atoms with E-state index in [0.717, 1.165) is 4.31 Å². The zero-order valence-electron chi connectivity index (χ0n) is 11.3. The van der Waals surface area contributed by atoms with E-state index in [-0.39, 0.29) is 16.5 Å². The van der Waals surface area contributed by atoms with E-state index in [1.54, 1.807) is 6.07 Å². The predicted molar refractivity (Wildman–Crippen MR) is 80.9 cm³/mol. The number of sulfonamides is 1. The number of anilines is 1. The summed E-state index contributed by atoms with van der Waals surface area (Å²) in [5.41, 5.74) is 6.48. The van der Waals surface area contributed by atoms with Crippen LogP contribution in [0.25, 0.3) is 0 Å². The molecule has 0 saturated carbocycles. The van der Waals surface area contributed by atoms with Crippen LogP contribution in [-0.2, 0) is 16.6 Å². The van der Waals surface area contributed by atoms with Gasteiger partial charge in [0.05, 0.1) is 5.02 Å². The Bertz CT molecular complexity index is 765. The van der Waals surface area contributed by atoms with Gasteiger partial charge in [-0.1, -0.05) is 23.7 Å². The molecular weight excluding hydrogens is 315 g/mol. The Morgan fingerprint density at radius 3 is 2.57 bits per heavy atom. The maximum Gasteiger partial charge on any atom is 0.244 e. The van der Waals surface area contributed by atoms with E-state index in [2.05, 4.69) is 0 Å². The fourth-order valence-corrected chi connectivity index (χ4v) is 3.55. The van der Waals surface area contributed by atoms with Gasteiger partial charge in [0, 0.05) is 19.3 Å². The molecule has 0 aromatic heterocycles. The van der Waals surface area contributed by atoms with Crippen molar-refractivity contribution in [2.24, 2.45) is 0 Å². The second-order valence-corrected chi connectivity index (χ2v) is 7.00. The van der Waals surface area contributed by atoms with E-state index in [1.165, 1.54) is 43.4 Å². The van der Waals surface area contributed by atoms with Crippen LogP contribution in [0.2, 0.25) is 5.02 Å². The van der Waals surface area contributed by atoms with E-state index in [0.29, 0.717) is 11.3 Å². The number of benzene rings is 2. The molecule has 0 aliphatic heterocycles. The quantitative estimate of drug-likeness (QED) is 0.878. The third kappa shape index (κ3) is 3.53. The number of nitrogen functional groups attached to an aromatic ring is 1. The normalized spacial score (nSPS) is 11.8. The lowest BCUT2D eigenvalue weighted by molar-refractivity contribution is 0.465. The highest BCUT2D eigenvalue weighted by Crippen LogP contribution is 2.26. The molecule has 0 heterocycles. The molecule has 4 nitrogen and oxygen atoms in total. The average molecular weight is 329 g/mol. The lowest BCUT2D eigenvalue weighted by atomic mass is 10.2. The molecule has 21 heavy (non-hydrogen) atoms. The van der Waals surface area contributed by atoms with E-state index in [1.807, 2.05) is 0 Å². The standard InChI is InChI=1S/C14H14ClFN2O2S/c1-18(9-10-3-2-4-11(16)7-10)21(19,20)14-6-5-12(17)8-13(14)15/h2-8H,9,17H2,1H3. The van der Waals surface area contributed by atoms with Crippen molar-refractivity contribution in [1.29, 1.82) is 0 Å². The minimum atomic E-state index is -3.77. The fourth-order valence-electron chi connectivity index (χ4n) is 1.87. The Balaban J connectivity index is 2.30. The van der Waals surface area contributed by atoms with Crippen LogP contribution in [0.4, 0.5) is 10.1 Å². The lowest BCUT2D eigenvalue weighted by Crippen LogP contribution is -2.26. The van der Waals surface area contributed by atoms with Crippen LogP contribution in [-0.4, -0.2) is 19.8 Å². The maximum absolute atomic E-state index is 13.1. The Morgan fingerprint density at radius 2 is 1.95 bits per heavy atom. The molecule has 7 heteroatoms. The van der Waals surface area contributed by atoms with Gasteiger partial charge in [0.2, 0.25) is 10.0 Å². The molecule has 0 unspecified atom stereocenters. The molecular formula is C14H14ClFN2O2S. The number of nitrogens with zero attached hydrogens (tertiary/aromatic N) is 1. The van der Waals surface area contributed by atoms with Crippen LogP contribution in [0.5, 0.6) is 0 Å². The largest absolute Gasteiger partial charge is 0.399 e. The van der Waals surface area contributed by atoms with E-state index >= 15 is 0 Å². The molecule has 0 amide bonds. The Hall–Kier alpha value is -1.63. The number of hydrogen-bond acceptors (Lipinski definition) is 3. The van der Waals surface area contributed by atoms with Gasteiger partial charge >= 0.3 is 0 Å². The molecule has 112 valence electrons. The van der Waals surface area contributed by atoms with Gasteiger partial charge in [-0.3, -0.25) is 0 Å². The van der Waals surface area contributed by atoms with Crippen molar-refractivity contribution in [1.82, 2.24) is 4.31 Å². The summed E-state index contributed by atoms with van der Waals surface area (Å²) in [5.74, 6) is -0.413. The topological polar surface area (TPSA) is 63.4 Å². The second-order valence-electron chi connectivity index (χ2n) is 4.58. The van der Waals surface area contributed by atoms with Crippen molar-refractivity contribution in [3.8, 4) is 0 Å². The smallest absolute Gasteiger partial charge is 0.244 e. The van der Waals surface area contributed by atoms with Gasteiger partial charge in [0.1, 0.15) is 10.7 Å². The van der Waals surface area contributed by atoms with Crippen LogP contribution in [0.15, 0.2) is 47.4 Å². The minimum absolute atomic E-state index is 0.0303. The molecule has 2 aromatic carbocycles. The first kappa shape index (κ1) is 15.8. The van der Waals surface area contributed by atoms with Crippen molar-refractivity contribution in [2.45, 2.75) is 11.4 Å². The van der Waals surface area contributed by atoms with Crippen molar-refractivity contribution in [2.75, 3.05) is 12.8 Å². The minimum Gasteiger partial charge on any atom is -0.399 e. The van der Waals surface area contributed by atoms with Crippen molar-refractivity contribution in [3.63, 3.8) is 0 Å². The van der Waals surface area contributed by atoms with Gasteiger partial charge in [0.15, 0.2) is 0 Å². The van der Waals surface area contributed by atoms with Crippen LogP contribution >= 0.6 is 11.6 Å². The molecule has 0 fully saturated rings. The fraction of sp³-hybridized carbons (Fsp3) is 0.143. The van der Waals surface area contributed by atoms with E-state index < -0.39 is 15.8 Å². The molecule has 2 N–H and O–H groups in total. The molecule has 0 radical (unpaired) electrons. The molecule has 0 atom stereocenters. The van der Waals surface area contributed by atoms with Crippen LogP contribution in [0, 0.1) is 5.82 Å². The van der Waals surface area contributed by atoms with Gasteiger partial charge in [-0.2, -0.15) is 4.31 Å². The first-order valence-corrected chi connectivity index (χ1v) is 7.88. The summed E-state index contributed by atoms with van der Waals surface area (Å²) in [7, 11) is -2.36. The van der Waals surface area contributed by atoms with E-state index in [4.69, 9.17) is 17.3 Å². The molecule has 0 saturated heterocycles. The van der Waals surface area contributed by atoms with Gasteiger partial charge in [-0.15, -0.1) is 0 Å². The van der Waals surface area contributed by atoms with Gasteiger partial charge in [0.25, 0.3) is 0 Å². The van der Waals surface area contributed by atoms with Crippen molar-refractivity contribution in [3.05, 3.63) is 58.9 Å². The highest BCUT2D eigenvalue weighted by Gasteiger charge is 2.23. The molecule has 0 bridgehead atoms. The highest BCUT2D eigenvalue weighted by atomic mass is 35.5. The highest BCUT2D eigenvalue weighted by molar-refractivity contribution is 7.89. The van der Waals surface area contributed by atoms with Crippen molar-refractivity contribution >= 4 is 27.3 Å². The van der Waals surface area contributed by atoms with Crippen LogP contribution in [0.3, 0.4) is 0 Å². The third-order valence-electron chi connectivity index (χ3n) is 2.94. The molecule has 2 rings (SSSR count). The van der Waals surface area contributed by atoms with Gasteiger partial charge < -0.3 is 5.73 Å². The summed E-state index contributed by atoms with van der Waals surface area (Å²) in [6, 6.07) is 9.97. The second kappa shape index (κ2) is 6.01. The van der Waals surface area contributed by atoms with Crippen LogP contribution in [0.1, 0.15) is 5.56 Å². The Labute approximate surface area is 128 Å². The monoisotopic (exact) mass is 328 g/mol. The number of rotatable bonds is 4. The Kier molecular flexibility index (Phi) is 4.51. The summed E-state index contributed by atoms with van der Waals surface area (Å²) in [4.78, 5) is -0.0303. The summed E-state index contributed by atoms with van der Waals surface area (Å²) < 4.78 is 39.2. The summed E-state index contributed by atoms with van der Waals surface area (Å²) in [6.07, 6.45) is 0. The number of nitrogens with two attached hydrogens (primary N) is 1. The first-order chi connectivity index (χ1) is 9.80. The van der Waals surface area contributed by atoms with Gasteiger partial charge in [-0.05, 0) is 35.9 Å². The maximum atomic E-state index is 13.1. The zero-order chi connectivity index (χ0) is 15.6. The SMILES string of the molecule is CN(Cc1cccc(F)c1)S(=O)(=O)c1ccc(N)cc1Cl. The third-order valence-corrected chi connectivity index (χ3v) is 5.22. The summed E-state index contributed by atoms with van der Waals surface area (Å²) >= 11 is 5.94. The molecule has 0 aliphatic carbocycles. The average Bonchev–Trinajstić information content (AvgIpc) is 2.38. The molecule has 0 aliphatic rings. The molecule has 2 aromatic rings. The Morgan fingerprint density at radius 1 is 1.24 bits per heavy atom. The number of hydrogen-bond donors (Lipinski definition) is 1.